The van der Waals surface area contributed by atoms with E-state index in [1.807, 2.05) is 12.1 Å². The molecule has 5 nitrogen and oxygen atoms in total. The average Bonchev–Trinajstić information content (AvgIpc) is 3.08. The van der Waals surface area contributed by atoms with Gasteiger partial charge in [-0.15, -0.1) is 0 Å². The Labute approximate surface area is 146 Å². The van der Waals surface area contributed by atoms with E-state index in [1.54, 1.807) is 7.11 Å². The Morgan fingerprint density at radius 3 is 2.62 bits per heavy atom. The molecule has 1 aliphatic carbocycles. The van der Waals surface area contributed by atoms with Gasteiger partial charge in [-0.3, -0.25) is 4.99 Å². The second-order valence-corrected chi connectivity index (χ2v) is 6.57. The fourth-order valence-electron chi connectivity index (χ4n) is 3.24. The molecular formula is C19H32N4O. The van der Waals surface area contributed by atoms with E-state index in [0.717, 1.165) is 18.3 Å². The number of ether oxygens (including phenoxy) is 1. The Balaban J connectivity index is 2.12. The molecule has 5 heteroatoms. The van der Waals surface area contributed by atoms with Crippen LogP contribution in [0.15, 0.2) is 29.3 Å². The van der Waals surface area contributed by atoms with Crippen molar-refractivity contribution in [1.29, 1.82) is 0 Å². The molecule has 1 saturated carbocycles. The summed E-state index contributed by atoms with van der Waals surface area (Å²) in [5.74, 6) is 1.84. The van der Waals surface area contributed by atoms with Crippen LogP contribution in [-0.2, 0) is 0 Å². The average molecular weight is 332 g/mol. The molecule has 0 saturated heterocycles. The number of para-hydroxylation sites is 1. The summed E-state index contributed by atoms with van der Waals surface area (Å²) in [7, 11) is 5.90. The van der Waals surface area contributed by atoms with Crippen molar-refractivity contribution >= 4 is 5.96 Å². The van der Waals surface area contributed by atoms with Crippen molar-refractivity contribution in [1.82, 2.24) is 15.5 Å². The first-order chi connectivity index (χ1) is 11.7. The molecule has 2 N–H and O–H groups in total. The number of likely N-dealkylation sites (N-methyl/N-ethyl adjacent to an activating group) is 1. The van der Waals surface area contributed by atoms with Crippen LogP contribution in [0, 0.1) is 0 Å². The summed E-state index contributed by atoms with van der Waals surface area (Å²) >= 11 is 0. The normalized spacial score (nSPS) is 17.1. The van der Waals surface area contributed by atoms with Crippen LogP contribution in [0.5, 0.6) is 5.75 Å². The molecule has 1 fully saturated rings. The second kappa shape index (κ2) is 9.52. The SMILES string of the molecule is CCNC(=NCC(c1ccccc1OC)N(C)C)NC1CCCC1. The van der Waals surface area contributed by atoms with Gasteiger partial charge in [0.25, 0.3) is 0 Å². The van der Waals surface area contributed by atoms with Crippen LogP contribution < -0.4 is 15.4 Å². The number of aliphatic imine (C=N–C) groups is 1. The second-order valence-electron chi connectivity index (χ2n) is 6.57. The Morgan fingerprint density at radius 1 is 1.29 bits per heavy atom. The monoisotopic (exact) mass is 332 g/mol. The van der Waals surface area contributed by atoms with Crippen molar-refractivity contribution in [3.63, 3.8) is 0 Å². The van der Waals surface area contributed by atoms with Crippen LogP contribution in [0.25, 0.3) is 0 Å². The molecule has 1 atom stereocenters. The van der Waals surface area contributed by atoms with Gasteiger partial charge in [0, 0.05) is 18.2 Å². The Morgan fingerprint density at radius 2 is 2.00 bits per heavy atom. The van der Waals surface area contributed by atoms with Crippen LogP contribution in [0.3, 0.4) is 0 Å². The lowest BCUT2D eigenvalue weighted by atomic mass is 10.0. The zero-order chi connectivity index (χ0) is 17.4. The van der Waals surface area contributed by atoms with Gasteiger partial charge in [0.05, 0.1) is 19.7 Å². The summed E-state index contributed by atoms with van der Waals surface area (Å²) in [4.78, 5) is 7.04. The lowest BCUT2D eigenvalue weighted by Gasteiger charge is -2.25. The van der Waals surface area contributed by atoms with Gasteiger partial charge in [-0.25, -0.2) is 0 Å². The number of methoxy groups -OCH3 is 1. The van der Waals surface area contributed by atoms with Gasteiger partial charge < -0.3 is 20.3 Å². The quantitative estimate of drug-likeness (QED) is 0.595. The molecule has 2 rings (SSSR count). The molecular weight excluding hydrogens is 300 g/mol. The number of guanidine groups is 1. The predicted molar refractivity (Wildman–Crippen MR) is 101 cm³/mol. The number of hydrogen-bond acceptors (Lipinski definition) is 3. The lowest BCUT2D eigenvalue weighted by Crippen LogP contribution is -2.42. The van der Waals surface area contributed by atoms with E-state index in [9.17, 15) is 0 Å². The molecule has 0 radical (unpaired) electrons. The minimum absolute atomic E-state index is 0.181. The van der Waals surface area contributed by atoms with Crippen LogP contribution in [-0.4, -0.2) is 51.2 Å². The van der Waals surface area contributed by atoms with Crippen molar-refractivity contribution in [3.8, 4) is 5.75 Å². The summed E-state index contributed by atoms with van der Waals surface area (Å²) in [6.07, 6.45) is 5.12. The smallest absolute Gasteiger partial charge is 0.191 e. The van der Waals surface area contributed by atoms with E-state index in [2.05, 4.69) is 48.7 Å². The fourth-order valence-corrected chi connectivity index (χ4v) is 3.24. The van der Waals surface area contributed by atoms with Gasteiger partial charge >= 0.3 is 0 Å². The van der Waals surface area contributed by atoms with Crippen molar-refractivity contribution in [2.45, 2.75) is 44.7 Å². The summed E-state index contributed by atoms with van der Waals surface area (Å²) in [5.41, 5.74) is 1.17. The van der Waals surface area contributed by atoms with Gasteiger partial charge in [0.15, 0.2) is 5.96 Å². The third kappa shape index (κ3) is 5.13. The topological polar surface area (TPSA) is 48.9 Å². The van der Waals surface area contributed by atoms with Crippen molar-refractivity contribution in [3.05, 3.63) is 29.8 Å². The van der Waals surface area contributed by atoms with Gasteiger partial charge in [-0.2, -0.15) is 0 Å². The molecule has 134 valence electrons. The third-order valence-electron chi connectivity index (χ3n) is 4.58. The largest absolute Gasteiger partial charge is 0.496 e. The van der Waals surface area contributed by atoms with E-state index in [0.29, 0.717) is 12.6 Å². The molecule has 1 aromatic rings. The highest BCUT2D eigenvalue weighted by Gasteiger charge is 2.19. The van der Waals surface area contributed by atoms with E-state index < -0.39 is 0 Å². The zero-order valence-electron chi connectivity index (χ0n) is 15.5. The van der Waals surface area contributed by atoms with Gasteiger partial charge in [0.2, 0.25) is 0 Å². The Bertz CT molecular complexity index is 524. The third-order valence-corrected chi connectivity index (χ3v) is 4.58. The number of nitrogens with one attached hydrogen (secondary N) is 2. The Kier molecular flexibility index (Phi) is 7.37. The fraction of sp³-hybridized carbons (Fsp3) is 0.632. The number of hydrogen-bond donors (Lipinski definition) is 2. The molecule has 0 aliphatic heterocycles. The molecule has 1 aliphatic rings. The van der Waals surface area contributed by atoms with Crippen LogP contribution >= 0.6 is 0 Å². The number of benzene rings is 1. The molecule has 1 unspecified atom stereocenters. The lowest BCUT2D eigenvalue weighted by molar-refractivity contribution is 0.295. The molecule has 0 bridgehead atoms. The van der Waals surface area contributed by atoms with E-state index in [4.69, 9.17) is 9.73 Å². The van der Waals surface area contributed by atoms with Crippen LogP contribution in [0.4, 0.5) is 0 Å². The summed E-state index contributed by atoms with van der Waals surface area (Å²) in [5, 5.41) is 6.95. The first-order valence-electron chi connectivity index (χ1n) is 8.99. The minimum Gasteiger partial charge on any atom is -0.496 e. The minimum atomic E-state index is 0.181. The van der Waals surface area contributed by atoms with Crippen molar-refractivity contribution < 1.29 is 4.74 Å². The van der Waals surface area contributed by atoms with E-state index in [1.165, 1.54) is 31.2 Å². The highest BCUT2D eigenvalue weighted by molar-refractivity contribution is 5.80. The summed E-state index contributed by atoms with van der Waals surface area (Å²) in [6.45, 7) is 3.67. The maximum atomic E-state index is 5.53. The summed E-state index contributed by atoms with van der Waals surface area (Å²) in [6, 6.07) is 8.94. The number of nitrogens with zero attached hydrogens (tertiary/aromatic N) is 2. The number of rotatable bonds is 7. The first kappa shape index (κ1) is 18.6. The first-order valence-corrected chi connectivity index (χ1v) is 8.99. The Hall–Kier alpha value is -1.75. The molecule has 1 aromatic carbocycles. The van der Waals surface area contributed by atoms with Crippen LogP contribution in [0.2, 0.25) is 0 Å². The van der Waals surface area contributed by atoms with Crippen molar-refractivity contribution in [2.24, 2.45) is 4.99 Å². The van der Waals surface area contributed by atoms with Gasteiger partial charge in [-0.1, -0.05) is 31.0 Å². The zero-order valence-corrected chi connectivity index (χ0v) is 15.5. The molecule has 0 aromatic heterocycles. The molecule has 24 heavy (non-hydrogen) atoms. The molecule has 0 heterocycles. The molecule has 0 amide bonds. The maximum absolute atomic E-state index is 5.53. The molecule has 0 spiro atoms. The highest BCUT2D eigenvalue weighted by atomic mass is 16.5. The van der Waals surface area contributed by atoms with Gasteiger partial charge in [-0.05, 0) is 39.9 Å². The van der Waals surface area contributed by atoms with Crippen LogP contribution in [0.1, 0.15) is 44.2 Å². The standard InChI is InChI=1S/C19H32N4O/c1-5-20-19(22-15-10-6-7-11-15)21-14-17(23(2)3)16-12-8-9-13-18(16)24-4/h8-9,12-13,15,17H,5-7,10-11,14H2,1-4H3,(H2,20,21,22). The maximum Gasteiger partial charge on any atom is 0.191 e. The highest BCUT2D eigenvalue weighted by Crippen LogP contribution is 2.28. The predicted octanol–water partition coefficient (Wildman–Crippen LogP) is 2.80. The van der Waals surface area contributed by atoms with E-state index >= 15 is 0 Å². The van der Waals surface area contributed by atoms with E-state index in [-0.39, 0.29) is 6.04 Å². The summed E-state index contributed by atoms with van der Waals surface area (Å²) < 4.78 is 5.53. The van der Waals surface area contributed by atoms with Crippen molar-refractivity contribution in [2.75, 3.05) is 34.3 Å². The van der Waals surface area contributed by atoms with Gasteiger partial charge in [0.1, 0.15) is 5.75 Å².